The molecule has 1 aliphatic rings. The van der Waals surface area contributed by atoms with Crippen molar-refractivity contribution in [3.8, 4) is 6.07 Å². The molecule has 1 unspecified atom stereocenters. The molecule has 2 heterocycles. The van der Waals surface area contributed by atoms with Crippen molar-refractivity contribution in [2.24, 2.45) is 5.92 Å². The fourth-order valence-corrected chi connectivity index (χ4v) is 1.84. The summed E-state index contributed by atoms with van der Waals surface area (Å²) >= 11 is 0. The molecule has 0 aliphatic carbocycles. The largest absolute Gasteiger partial charge is 0.381 e. The molecule has 1 fully saturated rings. The van der Waals surface area contributed by atoms with Crippen LogP contribution in [-0.2, 0) is 6.42 Å². The van der Waals surface area contributed by atoms with Gasteiger partial charge in [-0.3, -0.25) is 5.10 Å². The van der Waals surface area contributed by atoms with Gasteiger partial charge in [0.05, 0.1) is 5.69 Å². The van der Waals surface area contributed by atoms with Gasteiger partial charge in [-0.05, 0) is 31.8 Å². The SMILES string of the molecule is N#Cc1c(N)n[nH]c1CC1CCNC1. The Balaban J connectivity index is 2.12. The van der Waals surface area contributed by atoms with E-state index < -0.39 is 0 Å². The Morgan fingerprint density at radius 2 is 2.50 bits per heavy atom. The van der Waals surface area contributed by atoms with Gasteiger partial charge >= 0.3 is 0 Å². The van der Waals surface area contributed by atoms with E-state index in [1.807, 2.05) is 0 Å². The van der Waals surface area contributed by atoms with E-state index in [1.54, 1.807) is 0 Å². The predicted molar refractivity (Wildman–Crippen MR) is 52.4 cm³/mol. The minimum Gasteiger partial charge on any atom is -0.381 e. The van der Waals surface area contributed by atoms with Crippen LogP contribution in [-0.4, -0.2) is 23.3 Å². The molecule has 1 saturated heterocycles. The monoisotopic (exact) mass is 191 g/mol. The number of rotatable bonds is 2. The maximum atomic E-state index is 8.86. The molecule has 0 spiro atoms. The van der Waals surface area contributed by atoms with Crippen molar-refractivity contribution < 1.29 is 0 Å². The second kappa shape index (κ2) is 3.68. The number of nitrogens with zero attached hydrogens (tertiary/aromatic N) is 2. The van der Waals surface area contributed by atoms with Gasteiger partial charge in [-0.1, -0.05) is 0 Å². The molecule has 0 amide bonds. The highest BCUT2D eigenvalue weighted by Gasteiger charge is 2.19. The van der Waals surface area contributed by atoms with Gasteiger partial charge in [0.1, 0.15) is 11.6 Å². The Bertz CT molecular complexity index is 356. The molecular weight excluding hydrogens is 178 g/mol. The number of nitrogen functional groups attached to an aromatic ring is 1. The van der Waals surface area contributed by atoms with Crippen LogP contribution in [0.15, 0.2) is 0 Å². The van der Waals surface area contributed by atoms with Crippen LogP contribution >= 0.6 is 0 Å². The third kappa shape index (κ3) is 1.56. The van der Waals surface area contributed by atoms with Crippen LogP contribution < -0.4 is 11.1 Å². The minimum absolute atomic E-state index is 0.313. The van der Waals surface area contributed by atoms with Gasteiger partial charge in [-0.25, -0.2) is 0 Å². The lowest BCUT2D eigenvalue weighted by Crippen LogP contribution is -2.11. The van der Waals surface area contributed by atoms with Crippen LogP contribution in [0.1, 0.15) is 17.7 Å². The van der Waals surface area contributed by atoms with Crippen LogP contribution in [0.4, 0.5) is 5.82 Å². The molecule has 0 aromatic carbocycles. The molecule has 1 aliphatic heterocycles. The highest BCUT2D eigenvalue weighted by atomic mass is 15.2. The normalized spacial score (nSPS) is 20.9. The number of anilines is 1. The van der Waals surface area contributed by atoms with Crippen molar-refractivity contribution in [2.45, 2.75) is 12.8 Å². The second-order valence-electron chi connectivity index (χ2n) is 3.64. The van der Waals surface area contributed by atoms with E-state index in [-0.39, 0.29) is 0 Å². The average Bonchev–Trinajstić information content (AvgIpc) is 2.77. The smallest absolute Gasteiger partial charge is 0.163 e. The molecule has 0 radical (unpaired) electrons. The molecule has 5 heteroatoms. The van der Waals surface area contributed by atoms with E-state index in [0.717, 1.165) is 31.6 Å². The summed E-state index contributed by atoms with van der Waals surface area (Å²) in [4.78, 5) is 0. The number of nitrogens with two attached hydrogens (primary N) is 1. The van der Waals surface area contributed by atoms with Gasteiger partial charge < -0.3 is 11.1 Å². The first kappa shape index (κ1) is 9.03. The number of hydrogen-bond acceptors (Lipinski definition) is 4. The van der Waals surface area contributed by atoms with Crippen LogP contribution in [0.3, 0.4) is 0 Å². The Morgan fingerprint density at radius 1 is 1.64 bits per heavy atom. The lowest BCUT2D eigenvalue weighted by molar-refractivity contribution is 0.570. The molecule has 2 rings (SSSR count). The second-order valence-corrected chi connectivity index (χ2v) is 3.64. The predicted octanol–water partition coefficient (Wildman–Crippen LogP) is 0.0156. The number of nitriles is 1. The minimum atomic E-state index is 0.313. The van der Waals surface area contributed by atoms with Gasteiger partial charge in [-0.2, -0.15) is 10.4 Å². The Labute approximate surface area is 82.3 Å². The molecule has 14 heavy (non-hydrogen) atoms. The summed E-state index contributed by atoms with van der Waals surface area (Å²) in [6.07, 6.45) is 2.02. The zero-order valence-corrected chi connectivity index (χ0v) is 7.88. The van der Waals surface area contributed by atoms with E-state index in [9.17, 15) is 0 Å². The quantitative estimate of drug-likeness (QED) is 0.614. The van der Waals surface area contributed by atoms with E-state index in [4.69, 9.17) is 11.0 Å². The van der Waals surface area contributed by atoms with Crippen molar-refractivity contribution >= 4 is 5.82 Å². The Morgan fingerprint density at radius 3 is 3.14 bits per heavy atom. The first-order chi connectivity index (χ1) is 6.81. The van der Waals surface area contributed by atoms with Gasteiger partial charge in [0.2, 0.25) is 0 Å². The Kier molecular flexibility index (Phi) is 2.37. The summed E-state index contributed by atoms with van der Waals surface area (Å²) in [5.74, 6) is 0.912. The molecule has 5 nitrogen and oxygen atoms in total. The molecule has 0 bridgehead atoms. The first-order valence-electron chi connectivity index (χ1n) is 4.74. The molecule has 4 N–H and O–H groups in total. The van der Waals surface area contributed by atoms with E-state index in [2.05, 4.69) is 21.6 Å². The maximum Gasteiger partial charge on any atom is 0.163 e. The van der Waals surface area contributed by atoms with E-state index in [1.165, 1.54) is 0 Å². The number of H-pyrrole nitrogens is 1. The lowest BCUT2D eigenvalue weighted by Gasteiger charge is -2.05. The summed E-state index contributed by atoms with van der Waals surface area (Å²) in [7, 11) is 0. The van der Waals surface area contributed by atoms with Gasteiger partial charge in [0.25, 0.3) is 0 Å². The Hall–Kier alpha value is -1.54. The van der Waals surface area contributed by atoms with Crippen LogP contribution in [0.2, 0.25) is 0 Å². The first-order valence-corrected chi connectivity index (χ1v) is 4.74. The summed E-state index contributed by atoms with van der Waals surface area (Å²) in [5, 5.41) is 18.8. The number of aromatic amines is 1. The third-order valence-electron chi connectivity index (χ3n) is 2.64. The molecular formula is C9H13N5. The van der Waals surface area contributed by atoms with Gasteiger partial charge in [0.15, 0.2) is 5.82 Å². The highest BCUT2D eigenvalue weighted by molar-refractivity contribution is 5.50. The van der Waals surface area contributed by atoms with Crippen molar-refractivity contribution in [1.29, 1.82) is 5.26 Å². The fourth-order valence-electron chi connectivity index (χ4n) is 1.84. The summed E-state index contributed by atoms with van der Waals surface area (Å²) in [6, 6.07) is 2.08. The van der Waals surface area contributed by atoms with E-state index in [0.29, 0.717) is 17.3 Å². The summed E-state index contributed by atoms with van der Waals surface area (Å²) < 4.78 is 0. The summed E-state index contributed by atoms with van der Waals surface area (Å²) in [6.45, 7) is 2.08. The number of hydrogen-bond donors (Lipinski definition) is 3. The standard InChI is InChI=1S/C9H13N5/c10-4-7-8(13-14-9(7)11)3-6-1-2-12-5-6/h6,12H,1-3,5H2,(H3,11,13,14). The molecule has 74 valence electrons. The van der Waals surface area contributed by atoms with Gasteiger partial charge in [0, 0.05) is 0 Å². The highest BCUT2D eigenvalue weighted by Crippen LogP contribution is 2.19. The molecule has 1 atom stereocenters. The lowest BCUT2D eigenvalue weighted by atomic mass is 10.0. The van der Waals surface area contributed by atoms with Crippen molar-refractivity contribution in [1.82, 2.24) is 15.5 Å². The van der Waals surface area contributed by atoms with Gasteiger partial charge in [-0.15, -0.1) is 0 Å². The van der Waals surface area contributed by atoms with Crippen molar-refractivity contribution in [3.05, 3.63) is 11.3 Å². The van der Waals surface area contributed by atoms with Crippen LogP contribution in [0.5, 0.6) is 0 Å². The zero-order chi connectivity index (χ0) is 9.97. The topological polar surface area (TPSA) is 90.5 Å². The van der Waals surface area contributed by atoms with Crippen molar-refractivity contribution in [3.63, 3.8) is 0 Å². The van der Waals surface area contributed by atoms with Crippen LogP contribution in [0.25, 0.3) is 0 Å². The molecule has 1 aromatic rings. The maximum absolute atomic E-state index is 8.86. The third-order valence-corrected chi connectivity index (χ3v) is 2.64. The average molecular weight is 191 g/mol. The number of nitrogens with one attached hydrogen (secondary N) is 2. The molecule has 1 aromatic heterocycles. The summed E-state index contributed by atoms with van der Waals surface area (Å²) in [5.41, 5.74) is 6.93. The van der Waals surface area contributed by atoms with E-state index >= 15 is 0 Å². The fraction of sp³-hybridized carbons (Fsp3) is 0.556. The van der Waals surface area contributed by atoms with Crippen LogP contribution in [0, 0.1) is 17.2 Å². The molecule has 0 saturated carbocycles. The van der Waals surface area contributed by atoms with Crippen molar-refractivity contribution in [2.75, 3.05) is 18.8 Å². The zero-order valence-electron chi connectivity index (χ0n) is 7.88. The number of aromatic nitrogens is 2.